The van der Waals surface area contributed by atoms with Crippen LogP contribution in [-0.2, 0) is 13.0 Å². The van der Waals surface area contributed by atoms with E-state index < -0.39 is 0 Å². The Morgan fingerprint density at radius 2 is 2.00 bits per heavy atom. The summed E-state index contributed by atoms with van der Waals surface area (Å²) in [6.07, 6.45) is 5.88. The molecule has 0 saturated carbocycles. The first-order valence-corrected chi connectivity index (χ1v) is 9.06. The molecule has 1 aliphatic rings. The van der Waals surface area contributed by atoms with Crippen LogP contribution in [-0.4, -0.2) is 26.3 Å². The lowest BCUT2D eigenvalue weighted by molar-refractivity contribution is 0.0982. The fourth-order valence-electron chi connectivity index (χ4n) is 2.74. The quantitative estimate of drug-likeness (QED) is 0.457. The van der Waals surface area contributed by atoms with Gasteiger partial charge in [0.15, 0.2) is 10.9 Å². The minimum Gasteiger partial charge on any atom is -0.306 e. The maximum Gasteiger partial charge on any atom is 0.191 e. The largest absolute Gasteiger partial charge is 0.306 e. The highest BCUT2D eigenvalue weighted by Gasteiger charge is 2.15. The van der Waals surface area contributed by atoms with Crippen molar-refractivity contribution in [1.82, 2.24) is 14.8 Å². The molecule has 0 unspecified atom stereocenters. The Bertz CT molecular complexity index is 669. The van der Waals surface area contributed by atoms with E-state index in [2.05, 4.69) is 14.8 Å². The van der Waals surface area contributed by atoms with E-state index in [0.29, 0.717) is 12.0 Å². The molecule has 4 nitrogen and oxygen atoms in total. The SMILES string of the molecule is O=C(CCCSc1nnc2n1CCCCC2)c1ccc(F)cc1. The molecule has 2 heterocycles. The van der Waals surface area contributed by atoms with Gasteiger partial charge in [0.05, 0.1) is 0 Å². The van der Waals surface area contributed by atoms with Gasteiger partial charge >= 0.3 is 0 Å². The molecular formula is C17H20FN3OS. The molecule has 0 spiro atoms. The minimum absolute atomic E-state index is 0.0608. The molecule has 1 aromatic carbocycles. The second-order valence-electron chi connectivity index (χ2n) is 5.74. The van der Waals surface area contributed by atoms with Gasteiger partial charge in [-0.15, -0.1) is 10.2 Å². The summed E-state index contributed by atoms with van der Waals surface area (Å²) in [5.74, 6) is 1.67. The molecule has 122 valence electrons. The summed E-state index contributed by atoms with van der Waals surface area (Å²) in [6, 6.07) is 5.74. The second kappa shape index (κ2) is 7.73. The molecule has 0 radical (unpaired) electrons. The smallest absolute Gasteiger partial charge is 0.191 e. The summed E-state index contributed by atoms with van der Waals surface area (Å²) >= 11 is 1.67. The Morgan fingerprint density at radius 1 is 1.17 bits per heavy atom. The Hall–Kier alpha value is -1.69. The first kappa shape index (κ1) is 16.2. The molecule has 23 heavy (non-hydrogen) atoms. The molecule has 0 aliphatic carbocycles. The van der Waals surface area contributed by atoms with E-state index in [4.69, 9.17) is 0 Å². The molecule has 2 aromatic rings. The Kier molecular flexibility index (Phi) is 5.43. The third-order valence-corrected chi connectivity index (χ3v) is 5.07. The molecule has 0 N–H and O–H groups in total. The number of carbonyl (C=O) groups is 1. The standard InChI is InChI=1S/C17H20FN3OS/c18-14-9-7-13(8-10-14)15(22)5-4-12-23-17-20-19-16-6-2-1-3-11-21(16)17/h7-10H,1-6,11-12H2. The van der Waals surface area contributed by atoms with E-state index >= 15 is 0 Å². The lowest BCUT2D eigenvalue weighted by Crippen LogP contribution is -2.03. The topological polar surface area (TPSA) is 47.8 Å². The van der Waals surface area contributed by atoms with E-state index in [1.54, 1.807) is 23.9 Å². The number of hydrogen-bond donors (Lipinski definition) is 0. The van der Waals surface area contributed by atoms with Crippen molar-refractivity contribution in [2.75, 3.05) is 5.75 Å². The maximum atomic E-state index is 12.9. The van der Waals surface area contributed by atoms with E-state index in [1.165, 1.54) is 31.4 Å². The van der Waals surface area contributed by atoms with Gasteiger partial charge in [-0.05, 0) is 43.5 Å². The normalized spacial score (nSPS) is 14.3. The minimum atomic E-state index is -0.315. The molecule has 0 atom stereocenters. The van der Waals surface area contributed by atoms with Gasteiger partial charge in [0.1, 0.15) is 11.6 Å². The fourth-order valence-corrected chi connectivity index (χ4v) is 3.66. The third-order valence-electron chi connectivity index (χ3n) is 4.02. The average molecular weight is 333 g/mol. The van der Waals surface area contributed by atoms with E-state index in [9.17, 15) is 9.18 Å². The zero-order chi connectivity index (χ0) is 16.1. The fraction of sp³-hybridized carbons (Fsp3) is 0.471. The molecule has 0 saturated heterocycles. The van der Waals surface area contributed by atoms with Crippen LogP contribution in [0.25, 0.3) is 0 Å². The van der Waals surface area contributed by atoms with Crippen molar-refractivity contribution in [3.63, 3.8) is 0 Å². The van der Waals surface area contributed by atoms with Crippen molar-refractivity contribution in [3.05, 3.63) is 41.5 Å². The highest BCUT2D eigenvalue weighted by Crippen LogP contribution is 2.22. The maximum absolute atomic E-state index is 12.9. The molecule has 1 aliphatic heterocycles. The van der Waals surface area contributed by atoms with Crippen LogP contribution in [0, 0.1) is 5.82 Å². The van der Waals surface area contributed by atoms with Crippen molar-refractivity contribution in [2.45, 2.75) is 50.2 Å². The molecule has 0 bridgehead atoms. The number of thioether (sulfide) groups is 1. The van der Waals surface area contributed by atoms with Crippen LogP contribution in [0.3, 0.4) is 0 Å². The zero-order valence-corrected chi connectivity index (χ0v) is 13.8. The van der Waals surface area contributed by atoms with E-state index in [1.807, 2.05) is 0 Å². The number of halogens is 1. The van der Waals surface area contributed by atoms with E-state index in [0.717, 1.165) is 36.1 Å². The monoisotopic (exact) mass is 333 g/mol. The van der Waals surface area contributed by atoms with Gasteiger partial charge in [0.2, 0.25) is 0 Å². The van der Waals surface area contributed by atoms with Crippen LogP contribution >= 0.6 is 11.8 Å². The molecule has 1 aromatic heterocycles. The number of fused-ring (bicyclic) bond motifs is 1. The number of benzene rings is 1. The second-order valence-corrected chi connectivity index (χ2v) is 6.81. The highest BCUT2D eigenvalue weighted by atomic mass is 32.2. The summed E-state index contributed by atoms with van der Waals surface area (Å²) in [5.41, 5.74) is 0.577. The number of aromatic nitrogens is 3. The van der Waals surface area contributed by atoms with Crippen molar-refractivity contribution in [2.24, 2.45) is 0 Å². The lowest BCUT2D eigenvalue weighted by atomic mass is 10.1. The van der Waals surface area contributed by atoms with Gasteiger partial charge in [0.25, 0.3) is 0 Å². The van der Waals surface area contributed by atoms with Crippen LogP contribution in [0.1, 0.15) is 48.3 Å². The van der Waals surface area contributed by atoms with Gasteiger partial charge in [-0.2, -0.15) is 0 Å². The lowest BCUT2D eigenvalue weighted by Gasteiger charge is -2.06. The van der Waals surface area contributed by atoms with Crippen LogP contribution in [0.4, 0.5) is 4.39 Å². The molecule has 0 amide bonds. The summed E-state index contributed by atoms with van der Waals surface area (Å²) in [5, 5.41) is 9.52. The summed E-state index contributed by atoms with van der Waals surface area (Å²) < 4.78 is 15.1. The average Bonchev–Trinajstić information content (AvgIpc) is 2.79. The number of hydrogen-bond acceptors (Lipinski definition) is 4. The summed E-state index contributed by atoms with van der Waals surface area (Å²) in [6.45, 7) is 0.999. The van der Waals surface area contributed by atoms with Crippen LogP contribution in [0.2, 0.25) is 0 Å². The third kappa shape index (κ3) is 4.19. The van der Waals surface area contributed by atoms with Crippen LogP contribution in [0.5, 0.6) is 0 Å². The zero-order valence-electron chi connectivity index (χ0n) is 13.0. The molecule has 3 rings (SSSR count). The number of Topliss-reactive ketones (excluding diaryl/α,β-unsaturated/α-hetero) is 1. The first-order valence-electron chi connectivity index (χ1n) is 8.08. The van der Waals surface area contributed by atoms with Gasteiger partial charge in [-0.1, -0.05) is 18.2 Å². The number of rotatable bonds is 6. The van der Waals surface area contributed by atoms with Gasteiger partial charge in [-0.3, -0.25) is 4.79 Å². The first-order chi connectivity index (χ1) is 11.2. The van der Waals surface area contributed by atoms with Gasteiger partial charge < -0.3 is 4.57 Å². The predicted molar refractivity (Wildman–Crippen MR) is 88.3 cm³/mol. The highest BCUT2D eigenvalue weighted by molar-refractivity contribution is 7.99. The van der Waals surface area contributed by atoms with E-state index in [-0.39, 0.29) is 11.6 Å². The van der Waals surface area contributed by atoms with Crippen molar-refractivity contribution in [1.29, 1.82) is 0 Å². The van der Waals surface area contributed by atoms with Crippen molar-refractivity contribution >= 4 is 17.5 Å². The summed E-state index contributed by atoms with van der Waals surface area (Å²) in [7, 11) is 0. The Balaban J connectivity index is 1.47. The number of carbonyl (C=O) groups excluding carboxylic acids is 1. The van der Waals surface area contributed by atoms with Gasteiger partial charge in [-0.25, -0.2) is 4.39 Å². The molecule has 6 heteroatoms. The van der Waals surface area contributed by atoms with Crippen LogP contribution < -0.4 is 0 Å². The predicted octanol–water partition coefficient (Wildman–Crippen LogP) is 3.90. The number of ketones is 1. The number of aryl methyl sites for hydroxylation is 1. The van der Waals surface area contributed by atoms with Crippen LogP contribution in [0.15, 0.2) is 29.4 Å². The molecule has 0 fully saturated rings. The summed E-state index contributed by atoms with van der Waals surface area (Å²) in [4.78, 5) is 12.0. The molecular weight excluding hydrogens is 313 g/mol. The number of nitrogens with zero attached hydrogens (tertiary/aromatic N) is 3. The Morgan fingerprint density at radius 3 is 2.83 bits per heavy atom. The van der Waals surface area contributed by atoms with Crippen molar-refractivity contribution in [3.8, 4) is 0 Å². The Labute approximate surface area is 139 Å². The van der Waals surface area contributed by atoms with Gasteiger partial charge in [0, 0.05) is 30.7 Å². The van der Waals surface area contributed by atoms with Crippen molar-refractivity contribution < 1.29 is 9.18 Å².